The Kier molecular flexibility index (Phi) is 4.99. The monoisotopic (exact) mass is 405 g/mol. The minimum Gasteiger partial charge on any atom is -0.454 e. The predicted molar refractivity (Wildman–Crippen MR) is 116 cm³/mol. The number of aryl methyl sites for hydroxylation is 2. The molecule has 0 bridgehead atoms. The van der Waals surface area contributed by atoms with Crippen molar-refractivity contribution in [1.29, 1.82) is 0 Å². The number of ether oxygens (including phenoxy) is 2. The first kappa shape index (κ1) is 19.2. The van der Waals surface area contributed by atoms with E-state index in [1.807, 2.05) is 19.1 Å². The van der Waals surface area contributed by atoms with Crippen LogP contribution in [0.25, 0.3) is 11.0 Å². The average molecular weight is 405 g/mol. The molecule has 0 atom stereocenters. The van der Waals surface area contributed by atoms with E-state index in [1.165, 1.54) is 36.8 Å². The van der Waals surface area contributed by atoms with Crippen molar-refractivity contribution in [2.24, 2.45) is 0 Å². The summed E-state index contributed by atoms with van der Waals surface area (Å²) in [5, 5.41) is 1.03. The Morgan fingerprint density at radius 2 is 1.70 bits per heavy atom. The number of fused-ring (bicyclic) bond motifs is 2. The molecule has 0 saturated heterocycles. The summed E-state index contributed by atoms with van der Waals surface area (Å²) in [6, 6.07) is 12.5. The van der Waals surface area contributed by atoms with Gasteiger partial charge in [-0.05, 0) is 73.2 Å². The van der Waals surface area contributed by atoms with Crippen molar-refractivity contribution >= 4 is 11.0 Å². The largest absolute Gasteiger partial charge is 0.454 e. The molecule has 5 nitrogen and oxygen atoms in total. The quantitative estimate of drug-likeness (QED) is 0.554. The highest BCUT2D eigenvalue weighted by molar-refractivity contribution is 5.81. The lowest BCUT2D eigenvalue weighted by atomic mass is 10.0. The Morgan fingerprint density at radius 3 is 2.53 bits per heavy atom. The molecule has 2 aromatic carbocycles. The summed E-state index contributed by atoms with van der Waals surface area (Å²) in [5.41, 5.74) is 4.98. The number of hydrogen-bond donors (Lipinski definition) is 0. The summed E-state index contributed by atoms with van der Waals surface area (Å²) in [6.07, 6.45) is 4.92. The van der Waals surface area contributed by atoms with Crippen LogP contribution >= 0.6 is 0 Å². The Balaban J connectivity index is 1.50. The lowest BCUT2D eigenvalue weighted by molar-refractivity contribution is 0.173. The molecule has 0 N–H and O–H groups in total. The second-order valence-corrected chi connectivity index (χ2v) is 8.55. The number of hydrogen-bond acceptors (Lipinski definition) is 5. The molecule has 1 aromatic heterocycles. The molecule has 5 heteroatoms. The van der Waals surface area contributed by atoms with Crippen LogP contribution in [0, 0.1) is 13.8 Å². The fraction of sp³-hybridized carbons (Fsp3) is 0.400. The first-order valence-electron chi connectivity index (χ1n) is 10.7. The molecule has 2 aliphatic rings. The molecule has 0 unspecified atom stereocenters. The predicted octanol–water partition coefficient (Wildman–Crippen LogP) is 5.08. The molecular weight excluding hydrogens is 378 g/mol. The molecule has 5 rings (SSSR count). The van der Waals surface area contributed by atoms with Crippen molar-refractivity contribution in [2.75, 3.05) is 6.79 Å². The first-order chi connectivity index (χ1) is 14.6. The van der Waals surface area contributed by atoms with E-state index in [9.17, 15) is 4.79 Å². The van der Waals surface area contributed by atoms with Crippen molar-refractivity contribution in [3.63, 3.8) is 0 Å². The third kappa shape index (κ3) is 3.70. The van der Waals surface area contributed by atoms with E-state index < -0.39 is 0 Å². The van der Waals surface area contributed by atoms with Crippen molar-refractivity contribution in [2.45, 2.75) is 58.7 Å². The highest BCUT2D eigenvalue weighted by Crippen LogP contribution is 2.34. The van der Waals surface area contributed by atoms with Crippen LogP contribution in [0.1, 0.15) is 47.9 Å². The lowest BCUT2D eigenvalue weighted by Gasteiger charge is -2.29. The zero-order chi connectivity index (χ0) is 20.7. The van der Waals surface area contributed by atoms with Crippen LogP contribution in [0.15, 0.2) is 45.6 Å². The van der Waals surface area contributed by atoms with Gasteiger partial charge in [-0.3, -0.25) is 4.90 Å². The SMILES string of the molecule is Cc1cc2oc(=O)cc(CN(Cc3ccc4c(c3)OCO4)C3CCCC3)c2cc1C. The fourth-order valence-electron chi connectivity index (χ4n) is 4.69. The third-order valence-corrected chi connectivity index (χ3v) is 6.48. The minimum atomic E-state index is -0.282. The van der Waals surface area contributed by atoms with E-state index in [2.05, 4.69) is 30.0 Å². The molecule has 0 spiro atoms. The number of benzene rings is 2. The van der Waals surface area contributed by atoms with E-state index in [0.717, 1.165) is 41.1 Å². The second kappa shape index (κ2) is 7.80. The van der Waals surface area contributed by atoms with Gasteiger partial charge in [-0.2, -0.15) is 0 Å². The topological polar surface area (TPSA) is 51.9 Å². The maximum absolute atomic E-state index is 12.3. The van der Waals surface area contributed by atoms with E-state index in [-0.39, 0.29) is 12.4 Å². The van der Waals surface area contributed by atoms with Crippen LogP contribution in [-0.2, 0) is 13.1 Å². The molecule has 3 aromatic rings. The van der Waals surface area contributed by atoms with Gasteiger partial charge in [0.15, 0.2) is 11.5 Å². The van der Waals surface area contributed by atoms with Crippen LogP contribution < -0.4 is 15.1 Å². The second-order valence-electron chi connectivity index (χ2n) is 8.55. The van der Waals surface area contributed by atoms with Crippen LogP contribution in [0.2, 0.25) is 0 Å². The van der Waals surface area contributed by atoms with Crippen molar-refractivity contribution < 1.29 is 13.9 Å². The Hall–Kier alpha value is -2.79. The highest BCUT2D eigenvalue weighted by atomic mass is 16.7. The minimum absolute atomic E-state index is 0.282. The summed E-state index contributed by atoms with van der Waals surface area (Å²) in [5.74, 6) is 1.62. The van der Waals surface area contributed by atoms with Crippen LogP contribution in [-0.4, -0.2) is 17.7 Å². The smallest absolute Gasteiger partial charge is 0.336 e. The van der Waals surface area contributed by atoms with E-state index >= 15 is 0 Å². The van der Waals surface area contributed by atoms with Gasteiger partial charge in [0.2, 0.25) is 6.79 Å². The Labute approximate surface area is 176 Å². The zero-order valence-corrected chi connectivity index (χ0v) is 17.6. The van der Waals surface area contributed by atoms with Crippen LogP contribution in [0.4, 0.5) is 0 Å². The van der Waals surface area contributed by atoms with Gasteiger partial charge in [0.25, 0.3) is 0 Å². The van der Waals surface area contributed by atoms with Crippen molar-refractivity contribution in [3.8, 4) is 11.5 Å². The van der Waals surface area contributed by atoms with Crippen LogP contribution in [0.3, 0.4) is 0 Å². The number of nitrogens with zero attached hydrogens (tertiary/aromatic N) is 1. The summed E-state index contributed by atoms with van der Waals surface area (Å²) in [4.78, 5) is 14.8. The fourth-order valence-corrected chi connectivity index (χ4v) is 4.69. The van der Waals surface area contributed by atoms with Gasteiger partial charge in [-0.15, -0.1) is 0 Å². The maximum Gasteiger partial charge on any atom is 0.336 e. The molecule has 156 valence electrons. The summed E-state index contributed by atoms with van der Waals surface area (Å²) in [7, 11) is 0. The van der Waals surface area contributed by atoms with Gasteiger partial charge in [-0.25, -0.2) is 4.79 Å². The first-order valence-corrected chi connectivity index (χ1v) is 10.7. The third-order valence-electron chi connectivity index (χ3n) is 6.48. The molecule has 2 heterocycles. The van der Waals surface area contributed by atoms with E-state index in [1.54, 1.807) is 6.07 Å². The average Bonchev–Trinajstić information content (AvgIpc) is 3.40. The van der Waals surface area contributed by atoms with E-state index in [0.29, 0.717) is 11.6 Å². The summed E-state index contributed by atoms with van der Waals surface area (Å²) < 4.78 is 16.5. The molecule has 1 saturated carbocycles. The highest BCUT2D eigenvalue weighted by Gasteiger charge is 2.25. The van der Waals surface area contributed by atoms with Crippen LogP contribution in [0.5, 0.6) is 11.5 Å². The van der Waals surface area contributed by atoms with Crippen molar-refractivity contribution in [1.82, 2.24) is 4.90 Å². The molecule has 30 heavy (non-hydrogen) atoms. The van der Waals surface area contributed by atoms with Gasteiger partial charge >= 0.3 is 5.63 Å². The number of rotatable bonds is 5. The summed E-state index contributed by atoms with van der Waals surface area (Å²) >= 11 is 0. The van der Waals surface area contributed by atoms with Gasteiger partial charge in [-0.1, -0.05) is 18.9 Å². The standard InChI is InChI=1S/C25H27NO4/c1-16-9-21-19(12-25(27)30-23(21)10-17(16)2)14-26(20-5-3-4-6-20)13-18-7-8-22-24(11-18)29-15-28-22/h7-12,20H,3-6,13-15H2,1-2H3. The van der Waals surface area contributed by atoms with Gasteiger partial charge < -0.3 is 13.9 Å². The molecular formula is C25H27NO4. The molecule has 0 radical (unpaired) electrons. The normalized spacial score (nSPS) is 16.1. The van der Waals surface area contributed by atoms with Gasteiger partial charge in [0.05, 0.1) is 0 Å². The molecule has 1 aliphatic carbocycles. The zero-order valence-electron chi connectivity index (χ0n) is 17.6. The van der Waals surface area contributed by atoms with Gasteiger partial charge in [0.1, 0.15) is 5.58 Å². The van der Waals surface area contributed by atoms with Crippen molar-refractivity contribution in [3.05, 3.63) is 69.1 Å². The molecule has 1 fully saturated rings. The Bertz CT molecular complexity index is 1140. The lowest BCUT2D eigenvalue weighted by Crippen LogP contribution is -2.32. The Morgan fingerprint density at radius 1 is 0.933 bits per heavy atom. The van der Waals surface area contributed by atoms with Gasteiger partial charge in [0, 0.05) is 30.6 Å². The maximum atomic E-state index is 12.3. The molecule has 0 amide bonds. The van der Waals surface area contributed by atoms with E-state index in [4.69, 9.17) is 13.9 Å². The molecule has 1 aliphatic heterocycles. The summed E-state index contributed by atoms with van der Waals surface area (Å²) in [6.45, 7) is 5.98.